The van der Waals surface area contributed by atoms with Crippen LogP contribution in [0.1, 0.15) is 12.5 Å². The minimum Gasteiger partial charge on any atom is -0.496 e. The van der Waals surface area contributed by atoms with E-state index in [0.29, 0.717) is 11.3 Å². The molecule has 0 aliphatic carbocycles. The Balaban J connectivity index is 3.09. The van der Waals surface area contributed by atoms with Gasteiger partial charge < -0.3 is 14.7 Å². The number of rotatable bonds is 4. The average molecular weight is 223 g/mol. The lowest BCUT2D eigenvalue weighted by atomic mass is 10.1. The Hall–Kier alpha value is -2.04. The summed E-state index contributed by atoms with van der Waals surface area (Å²) < 4.78 is 9.82. The fourth-order valence-electron chi connectivity index (χ4n) is 1.24. The number of hydrogen-bond donors (Lipinski definition) is 1. The number of carbonyl (C=O) groups excluding carboxylic acids is 1. The highest BCUT2D eigenvalue weighted by Gasteiger charge is 2.19. The van der Waals surface area contributed by atoms with E-state index in [9.17, 15) is 4.79 Å². The Morgan fingerprint density at radius 2 is 2.12 bits per heavy atom. The second-order valence-corrected chi connectivity index (χ2v) is 2.87. The first-order valence-electron chi connectivity index (χ1n) is 4.77. The maximum absolute atomic E-state index is 11.5. The van der Waals surface area contributed by atoms with Gasteiger partial charge in [0.15, 0.2) is 5.71 Å². The van der Waals surface area contributed by atoms with Gasteiger partial charge in [-0.15, -0.1) is 0 Å². The molecule has 0 fully saturated rings. The molecule has 0 heterocycles. The molecule has 86 valence electrons. The summed E-state index contributed by atoms with van der Waals surface area (Å²) in [7, 11) is 1.47. The SMILES string of the molecule is CCOC(=O)/C(=N\O)c1ccccc1OC. The topological polar surface area (TPSA) is 68.1 Å². The van der Waals surface area contributed by atoms with E-state index in [1.807, 2.05) is 0 Å². The Kier molecular flexibility index (Phi) is 4.32. The zero-order valence-corrected chi connectivity index (χ0v) is 9.14. The first-order chi connectivity index (χ1) is 7.74. The van der Waals surface area contributed by atoms with Gasteiger partial charge >= 0.3 is 5.97 Å². The summed E-state index contributed by atoms with van der Waals surface area (Å²) >= 11 is 0. The molecule has 1 rings (SSSR count). The lowest BCUT2D eigenvalue weighted by Gasteiger charge is -2.08. The number of hydrogen-bond acceptors (Lipinski definition) is 5. The monoisotopic (exact) mass is 223 g/mol. The maximum Gasteiger partial charge on any atom is 0.361 e. The lowest BCUT2D eigenvalue weighted by molar-refractivity contribution is -0.135. The summed E-state index contributed by atoms with van der Waals surface area (Å²) in [6.45, 7) is 1.89. The van der Waals surface area contributed by atoms with Crippen LogP contribution in [0.3, 0.4) is 0 Å². The number of ether oxygens (including phenoxy) is 2. The lowest BCUT2D eigenvalue weighted by Crippen LogP contribution is -2.19. The predicted octanol–water partition coefficient (Wildman–Crippen LogP) is 1.44. The summed E-state index contributed by atoms with van der Waals surface area (Å²) in [6.07, 6.45) is 0. The third kappa shape index (κ3) is 2.50. The van der Waals surface area contributed by atoms with Crippen molar-refractivity contribution >= 4 is 11.7 Å². The van der Waals surface area contributed by atoms with E-state index in [0.717, 1.165) is 0 Å². The van der Waals surface area contributed by atoms with Crippen molar-refractivity contribution in [2.75, 3.05) is 13.7 Å². The van der Waals surface area contributed by atoms with Crippen LogP contribution in [0.15, 0.2) is 29.4 Å². The Morgan fingerprint density at radius 1 is 1.44 bits per heavy atom. The summed E-state index contributed by atoms with van der Waals surface area (Å²) in [5.74, 6) is -0.238. The van der Waals surface area contributed by atoms with Crippen LogP contribution in [0.2, 0.25) is 0 Å². The van der Waals surface area contributed by atoms with Gasteiger partial charge in [0.25, 0.3) is 0 Å². The first kappa shape index (κ1) is 12.0. The van der Waals surface area contributed by atoms with E-state index in [-0.39, 0.29) is 12.3 Å². The van der Waals surface area contributed by atoms with E-state index in [4.69, 9.17) is 14.7 Å². The summed E-state index contributed by atoms with van der Waals surface area (Å²) in [5.41, 5.74) is 0.227. The average Bonchev–Trinajstić information content (AvgIpc) is 2.31. The third-order valence-corrected chi connectivity index (χ3v) is 1.93. The van der Waals surface area contributed by atoms with Crippen molar-refractivity contribution in [3.8, 4) is 5.75 Å². The van der Waals surface area contributed by atoms with Gasteiger partial charge in [-0.3, -0.25) is 0 Å². The van der Waals surface area contributed by atoms with Crippen molar-refractivity contribution in [2.45, 2.75) is 6.92 Å². The zero-order valence-electron chi connectivity index (χ0n) is 9.14. The second kappa shape index (κ2) is 5.75. The molecule has 0 aliphatic heterocycles. The van der Waals surface area contributed by atoms with Crippen molar-refractivity contribution < 1.29 is 19.5 Å². The van der Waals surface area contributed by atoms with E-state index in [2.05, 4.69) is 5.16 Å². The predicted molar refractivity (Wildman–Crippen MR) is 58.0 cm³/mol. The molecule has 0 atom stereocenters. The van der Waals surface area contributed by atoms with Crippen LogP contribution in [0.25, 0.3) is 0 Å². The van der Waals surface area contributed by atoms with Crippen LogP contribution in [-0.2, 0) is 9.53 Å². The van der Waals surface area contributed by atoms with Gasteiger partial charge in [0.1, 0.15) is 5.75 Å². The molecule has 1 aromatic rings. The number of oxime groups is 1. The molecular formula is C11H13NO4. The van der Waals surface area contributed by atoms with Gasteiger partial charge in [-0.05, 0) is 19.1 Å². The smallest absolute Gasteiger partial charge is 0.361 e. The fourth-order valence-corrected chi connectivity index (χ4v) is 1.24. The Bertz CT molecular complexity index is 401. The molecule has 0 bridgehead atoms. The van der Waals surface area contributed by atoms with Gasteiger partial charge in [0, 0.05) is 0 Å². The number of carbonyl (C=O) groups is 1. The standard InChI is InChI=1S/C11H13NO4/c1-3-16-11(13)10(12-14)8-6-4-5-7-9(8)15-2/h4-7,14H,3H2,1-2H3/b12-10-. The molecule has 1 N–H and O–H groups in total. The minimum atomic E-state index is -0.686. The molecule has 1 aromatic carbocycles. The Labute approximate surface area is 93.3 Å². The largest absolute Gasteiger partial charge is 0.496 e. The molecule has 0 radical (unpaired) electrons. The van der Waals surface area contributed by atoms with Gasteiger partial charge in [0.2, 0.25) is 0 Å². The highest BCUT2D eigenvalue weighted by atomic mass is 16.5. The van der Waals surface area contributed by atoms with Gasteiger partial charge in [-0.2, -0.15) is 0 Å². The quantitative estimate of drug-likeness (QED) is 0.363. The van der Waals surface area contributed by atoms with E-state index >= 15 is 0 Å². The summed E-state index contributed by atoms with van der Waals surface area (Å²) in [5, 5.41) is 11.8. The van der Waals surface area contributed by atoms with Crippen molar-refractivity contribution in [3.05, 3.63) is 29.8 Å². The van der Waals surface area contributed by atoms with Gasteiger partial charge in [0.05, 0.1) is 19.3 Å². The number of methoxy groups -OCH3 is 1. The van der Waals surface area contributed by atoms with Crippen LogP contribution in [0.4, 0.5) is 0 Å². The van der Waals surface area contributed by atoms with Gasteiger partial charge in [-0.1, -0.05) is 17.3 Å². The van der Waals surface area contributed by atoms with Crippen LogP contribution in [0, 0.1) is 0 Å². The summed E-state index contributed by atoms with van der Waals surface area (Å²) in [6, 6.07) is 6.75. The third-order valence-electron chi connectivity index (χ3n) is 1.93. The van der Waals surface area contributed by atoms with Crippen LogP contribution < -0.4 is 4.74 Å². The summed E-state index contributed by atoms with van der Waals surface area (Å²) in [4.78, 5) is 11.5. The highest BCUT2D eigenvalue weighted by Crippen LogP contribution is 2.18. The van der Waals surface area contributed by atoms with Crippen molar-refractivity contribution in [1.29, 1.82) is 0 Å². The van der Waals surface area contributed by atoms with Crippen molar-refractivity contribution in [1.82, 2.24) is 0 Å². The van der Waals surface area contributed by atoms with Crippen LogP contribution >= 0.6 is 0 Å². The van der Waals surface area contributed by atoms with E-state index in [1.54, 1.807) is 31.2 Å². The van der Waals surface area contributed by atoms with Crippen LogP contribution in [0.5, 0.6) is 5.75 Å². The maximum atomic E-state index is 11.5. The molecule has 0 aliphatic rings. The molecule has 0 unspecified atom stereocenters. The molecular weight excluding hydrogens is 210 g/mol. The zero-order chi connectivity index (χ0) is 12.0. The number of para-hydroxylation sites is 1. The molecule has 5 nitrogen and oxygen atoms in total. The van der Waals surface area contributed by atoms with Gasteiger partial charge in [-0.25, -0.2) is 4.79 Å². The fraction of sp³-hybridized carbons (Fsp3) is 0.273. The molecule has 0 saturated carbocycles. The van der Waals surface area contributed by atoms with Crippen molar-refractivity contribution in [3.63, 3.8) is 0 Å². The number of nitrogens with zero attached hydrogens (tertiary/aromatic N) is 1. The molecule has 0 amide bonds. The normalized spacial score (nSPS) is 11.0. The first-order valence-corrected chi connectivity index (χ1v) is 4.77. The molecule has 16 heavy (non-hydrogen) atoms. The molecule has 0 aromatic heterocycles. The molecule has 0 spiro atoms. The number of esters is 1. The minimum absolute atomic E-state index is 0.167. The Morgan fingerprint density at radius 3 is 2.69 bits per heavy atom. The van der Waals surface area contributed by atoms with Crippen molar-refractivity contribution in [2.24, 2.45) is 5.16 Å². The van der Waals surface area contributed by atoms with E-state index < -0.39 is 5.97 Å². The number of benzene rings is 1. The molecule has 5 heteroatoms. The van der Waals surface area contributed by atoms with E-state index in [1.165, 1.54) is 7.11 Å². The highest BCUT2D eigenvalue weighted by molar-refractivity contribution is 6.43. The molecule has 0 saturated heterocycles. The van der Waals surface area contributed by atoms with Crippen LogP contribution in [-0.4, -0.2) is 30.6 Å². The second-order valence-electron chi connectivity index (χ2n) is 2.87.